The molecule has 6 heteroatoms. The minimum Gasteiger partial charge on any atom is -0.348 e. The number of aromatic nitrogens is 1. The van der Waals surface area contributed by atoms with E-state index in [1.807, 2.05) is 38.2 Å². The van der Waals surface area contributed by atoms with Crippen molar-refractivity contribution >= 4 is 11.8 Å². The molecule has 1 aromatic carbocycles. The van der Waals surface area contributed by atoms with Crippen LogP contribution in [0.15, 0.2) is 42.6 Å². The van der Waals surface area contributed by atoms with Crippen LogP contribution in [0.2, 0.25) is 0 Å². The van der Waals surface area contributed by atoms with Crippen LogP contribution in [-0.2, 0) is 16.1 Å². The topological polar surface area (TPSA) is 45.6 Å². The molecule has 180 valence electrons. The van der Waals surface area contributed by atoms with E-state index in [1.54, 1.807) is 15.9 Å². The Morgan fingerprint density at radius 2 is 1.85 bits per heavy atom. The molecule has 2 amide bonds. The van der Waals surface area contributed by atoms with Crippen LogP contribution in [0.3, 0.4) is 0 Å². The Balaban J connectivity index is 1.80. The number of carbonyl (C=O) groups excluding carboxylic acids is 2. The fourth-order valence-electron chi connectivity index (χ4n) is 5.01. The van der Waals surface area contributed by atoms with Crippen molar-refractivity contribution in [3.8, 4) is 0 Å². The first-order valence-corrected chi connectivity index (χ1v) is 12.0. The lowest BCUT2D eigenvalue weighted by Crippen LogP contribution is -2.49. The molecule has 2 aromatic rings. The highest BCUT2D eigenvalue weighted by Crippen LogP contribution is 2.33. The van der Waals surface area contributed by atoms with Gasteiger partial charge in [0.25, 0.3) is 0 Å². The number of amides is 2. The molecule has 3 rings (SSSR count). The average Bonchev–Trinajstić information content (AvgIpc) is 3.18. The minimum absolute atomic E-state index is 0.0118. The maximum atomic E-state index is 14.0. The van der Waals surface area contributed by atoms with Crippen LogP contribution in [-0.4, -0.2) is 45.3 Å². The van der Waals surface area contributed by atoms with E-state index in [1.165, 1.54) is 12.1 Å². The average molecular weight is 456 g/mol. The van der Waals surface area contributed by atoms with E-state index in [0.29, 0.717) is 19.5 Å². The van der Waals surface area contributed by atoms with Gasteiger partial charge < -0.3 is 14.4 Å². The summed E-state index contributed by atoms with van der Waals surface area (Å²) in [6.07, 6.45) is 3.37. The quantitative estimate of drug-likeness (QED) is 0.572. The van der Waals surface area contributed by atoms with E-state index in [4.69, 9.17) is 0 Å². The summed E-state index contributed by atoms with van der Waals surface area (Å²) in [5.74, 6) is -0.178. The van der Waals surface area contributed by atoms with Gasteiger partial charge >= 0.3 is 0 Å². The van der Waals surface area contributed by atoms with Gasteiger partial charge in [-0.2, -0.15) is 0 Å². The van der Waals surface area contributed by atoms with Gasteiger partial charge in [0.2, 0.25) is 11.8 Å². The molecule has 0 saturated heterocycles. The summed E-state index contributed by atoms with van der Waals surface area (Å²) in [6.45, 7) is 13.8. The second kappa shape index (κ2) is 10.1. The third-order valence-corrected chi connectivity index (χ3v) is 6.26. The second-order valence-electron chi connectivity index (χ2n) is 10.9. The zero-order valence-corrected chi connectivity index (χ0v) is 20.8. The molecule has 0 fully saturated rings. The molecule has 2 atom stereocenters. The molecule has 1 aliphatic heterocycles. The highest BCUT2D eigenvalue weighted by atomic mass is 19.1. The van der Waals surface area contributed by atoms with E-state index >= 15 is 0 Å². The lowest BCUT2D eigenvalue weighted by atomic mass is 9.84. The zero-order chi connectivity index (χ0) is 24.3. The van der Waals surface area contributed by atoms with E-state index < -0.39 is 0 Å². The monoisotopic (exact) mass is 455 g/mol. The first-order chi connectivity index (χ1) is 15.5. The molecular weight excluding hydrogens is 417 g/mol. The summed E-state index contributed by atoms with van der Waals surface area (Å²) in [5, 5.41) is 0. The Morgan fingerprint density at radius 3 is 2.48 bits per heavy atom. The van der Waals surface area contributed by atoms with Crippen molar-refractivity contribution in [2.75, 3.05) is 13.1 Å². The summed E-state index contributed by atoms with van der Waals surface area (Å²) in [4.78, 5) is 30.2. The van der Waals surface area contributed by atoms with Crippen LogP contribution in [0.25, 0.3) is 0 Å². The largest absolute Gasteiger partial charge is 0.348 e. The summed E-state index contributed by atoms with van der Waals surface area (Å²) >= 11 is 0. The molecule has 0 radical (unpaired) electrons. The van der Waals surface area contributed by atoms with Crippen LogP contribution < -0.4 is 0 Å². The van der Waals surface area contributed by atoms with Gasteiger partial charge in [-0.25, -0.2) is 4.39 Å². The summed E-state index contributed by atoms with van der Waals surface area (Å²) in [5.41, 5.74) is 1.85. The predicted octanol–water partition coefficient (Wildman–Crippen LogP) is 5.26. The van der Waals surface area contributed by atoms with Crippen molar-refractivity contribution < 1.29 is 14.0 Å². The number of halogens is 1. The highest BCUT2D eigenvalue weighted by molar-refractivity contribution is 5.85. The lowest BCUT2D eigenvalue weighted by molar-refractivity contribution is -0.144. The fourth-order valence-corrected chi connectivity index (χ4v) is 5.01. The molecule has 0 bridgehead atoms. The third-order valence-electron chi connectivity index (χ3n) is 6.26. The summed E-state index contributed by atoms with van der Waals surface area (Å²) < 4.78 is 16.2. The number of nitrogens with zero attached hydrogens (tertiary/aromatic N) is 3. The second-order valence-corrected chi connectivity index (χ2v) is 10.9. The number of benzene rings is 1. The maximum absolute atomic E-state index is 14.0. The lowest BCUT2D eigenvalue weighted by Gasteiger charge is -2.39. The van der Waals surface area contributed by atoms with Gasteiger partial charge in [-0.05, 0) is 61.4 Å². The molecule has 0 aliphatic carbocycles. The van der Waals surface area contributed by atoms with Gasteiger partial charge in [-0.15, -0.1) is 0 Å². The van der Waals surface area contributed by atoms with Crippen LogP contribution >= 0.6 is 0 Å². The highest BCUT2D eigenvalue weighted by Gasteiger charge is 2.34. The Hall–Kier alpha value is -2.63. The first-order valence-electron chi connectivity index (χ1n) is 12.0. The van der Waals surface area contributed by atoms with Crippen molar-refractivity contribution in [1.29, 1.82) is 0 Å². The number of fused-ring (bicyclic) bond motifs is 1. The molecule has 33 heavy (non-hydrogen) atoms. The third kappa shape index (κ3) is 6.24. The summed E-state index contributed by atoms with van der Waals surface area (Å²) in [7, 11) is 0. The van der Waals surface area contributed by atoms with E-state index in [2.05, 4.69) is 32.3 Å². The normalized spacial score (nSPS) is 17.1. The number of hydrogen-bond acceptors (Lipinski definition) is 2. The van der Waals surface area contributed by atoms with Gasteiger partial charge in [0.1, 0.15) is 12.4 Å². The van der Waals surface area contributed by atoms with Crippen LogP contribution in [0.4, 0.5) is 4.39 Å². The Kier molecular flexibility index (Phi) is 7.65. The first kappa shape index (κ1) is 25.0. The zero-order valence-electron chi connectivity index (χ0n) is 20.8. The molecule has 1 aromatic heterocycles. The molecular formula is C27H38FN3O2. The van der Waals surface area contributed by atoms with Crippen LogP contribution in [0, 0.1) is 17.2 Å². The predicted molar refractivity (Wildman–Crippen MR) is 129 cm³/mol. The molecule has 0 N–H and O–H groups in total. The maximum Gasteiger partial charge on any atom is 0.243 e. The van der Waals surface area contributed by atoms with Crippen molar-refractivity contribution in [1.82, 2.24) is 14.4 Å². The van der Waals surface area contributed by atoms with Gasteiger partial charge in [0, 0.05) is 37.4 Å². The van der Waals surface area contributed by atoms with Crippen molar-refractivity contribution in [2.24, 2.45) is 11.3 Å². The molecule has 0 spiro atoms. The van der Waals surface area contributed by atoms with Crippen molar-refractivity contribution in [2.45, 2.75) is 73.0 Å². The number of hydrogen-bond donors (Lipinski definition) is 0. The molecule has 2 unspecified atom stereocenters. The van der Waals surface area contributed by atoms with Gasteiger partial charge in [-0.1, -0.05) is 39.8 Å². The Bertz CT molecular complexity index is 976. The molecule has 2 heterocycles. The van der Waals surface area contributed by atoms with E-state index in [9.17, 15) is 14.0 Å². The van der Waals surface area contributed by atoms with Crippen molar-refractivity contribution in [3.63, 3.8) is 0 Å². The molecule has 5 nitrogen and oxygen atoms in total. The number of carbonyl (C=O) groups is 2. The fraction of sp³-hybridized carbons (Fsp3) is 0.556. The molecule has 1 aliphatic rings. The SMILES string of the molecule is CC(CC(=O)N(CC(=O)N1CCn2cccc2C1c1cccc(F)c1)C(C)C)CC(C)(C)C. The van der Waals surface area contributed by atoms with Gasteiger partial charge in [0.15, 0.2) is 0 Å². The smallest absolute Gasteiger partial charge is 0.243 e. The Labute approximate surface area is 197 Å². The minimum atomic E-state index is -0.374. The van der Waals surface area contributed by atoms with Gasteiger partial charge in [-0.3, -0.25) is 9.59 Å². The van der Waals surface area contributed by atoms with Crippen molar-refractivity contribution in [3.05, 3.63) is 59.7 Å². The van der Waals surface area contributed by atoms with Gasteiger partial charge in [0.05, 0.1) is 6.04 Å². The van der Waals surface area contributed by atoms with E-state index in [0.717, 1.165) is 17.7 Å². The van der Waals surface area contributed by atoms with Crippen LogP contribution in [0.5, 0.6) is 0 Å². The Morgan fingerprint density at radius 1 is 1.12 bits per heavy atom. The molecule has 0 saturated carbocycles. The van der Waals surface area contributed by atoms with Crippen LogP contribution in [0.1, 0.15) is 71.7 Å². The number of rotatable bonds is 7. The summed E-state index contributed by atoms with van der Waals surface area (Å²) in [6, 6.07) is 9.92. The standard InChI is InChI=1S/C27H38FN3O2/c1-19(2)31(24(32)15-20(3)17-27(4,5)6)18-25(33)30-14-13-29-12-8-11-23(29)26(30)21-9-7-10-22(28)16-21/h7-12,16,19-20,26H,13-15,17-18H2,1-6H3. The van der Waals surface area contributed by atoms with E-state index in [-0.39, 0.29) is 47.6 Å².